The van der Waals surface area contributed by atoms with Crippen LogP contribution in [0.15, 0.2) is 36.5 Å². The van der Waals surface area contributed by atoms with Crippen LogP contribution in [0.2, 0.25) is 5.02 Å². The molecule has 0 bridgehead atoms. The summed E-state index contributed by atoms with van der Waals surface area (Å²) in [5.74, 6) is 0.639. The van der Waals surface area contributed by atoms with Crippen LogP contribution in [0.4, 0.5) is 5.82 Å². The number of amides is 1. The third-order valence-corrected chi connectivity index (χ3v) is 7.04. The number of halogens is 1. The number of carbonyl (C=O) groups excluding carboxylic acids is 1. The standard InChI is InChI=1S/C20H28ClN5O3S/c1-2-13-30(28,29)24-17-8-11-25(12-9-17)15-20(27)23-19-7-10-22-26(19)14-16-5-3-4-6-18(16)21/h3-7,10,17,24H,2,8-9,11-15H2,1H3,(H,23,27). The van der Waals surface area contributed by atoms with Gasteiger partial charge in [-0.25, -0.2) is 17.8 Å². The molecule has 0 aliphatic carbocycles. The third-order valence-electron chi connectivity index (χ3n) is 5.04. The van der Waals surface area contributed by atoms with Gasteiger partial charge in [-0.1, -0.05) is 36.7 Å². The largest absolute Gasteiger partial charge is 0.310 e. The van der Waals surface area contributed by atoms with E-state index in [1.54, 1.807) is 16.9 Å². The number of sulfonamides is 1. The van der Waals surface area contributed by atoms with Gasteiger partial charge in [-0.3, -0.25) is 9.69 Å². The van der Waals surface area contributed by atoms with Crippen molar-refractivity contribution in [1.29, 1.82) is 0 Å². The van der Waals surface area contributed by atoms with Crippen molar-refractivity contribution < 1.29 is 13.2 Å². The molecule has 1 aromatic carbocycles. The number of nitrogens with zero attached hydrogens (tertiary/aromatic N) is 3. The van der Waals surface area contributed by atoms with Gasteiger partial charge in [-0.05, 0) is 30.9 Å². The molecule has 1 saturated heterocycles. The maximum Gasteiger partial charge on any atom is 0.239 e. The van der Waals surface area contributed by atoms with E-state index in [-0.39, 0.29) is 24.2 Å². The van der Waals surface area contributed by atoms with Crippen molar-refractivity contribution in [3.05, 3.63) is 47.1 Å². The zero-order valence-corrected chi connectivity index (χ0v) is 18.6. The molecule has 1 aromatic heterocycles. The minimum Gasteiger partial charge on any atom is -0.310 e. The van der Waals surface area contributed by atoms with Gasteiger partial charge in [0, 0.05) is 30.2 Å². The Hall–Kier alpha value is -1.94. The average molecular weight is 454 g/mol. The fourth-order valence-electron chi connectivity index (χ4n) is 3.53. The van der Waals surface area contributed by atoms with Crippen molar-refractivity contribution in [3.63, 3.8) is 0 Å². The number of benzene rings is 1. The van der Waals surface area contributed by atoms with Gasteiger partial charge in [-0.2, -0.15) is 5.10 Å². The number of aromatic nitrogens is 2. The molecule has 1 fully saturated rings. The SMILES string of the molecule is CCCS(=O)(=O)NC1CCN(CC(=O)Nc2ccnn2Cc2ccccc2Cl)CC1. The van der Waals surface area contributed by atoms with Gasteiger partial charge < -0.3 is 5.32 Å². The number of nitrogens with one attached hydrogen (secondary N) is 2. The minimum absolute atomic E-state index is 0.0575. The van der Waals surface area contributed by atoms with E-state index >= 15 is 0 Å². The summed E-state index contributed by atoms with van der Waals surface area (Å²) >= 11 is 6.22. The fraction of sp³-hybridized carbons (Fsp3) is 0.500. The van der Waals surface area contributed by atoms with E-state index in [1.165, 1.54) is 0 Å². The second kappa shape index (κ2) is 10.4. The Morgan fingerprint density at radius 1 is 1.23 bits per heavy atom. The number of anilines is 1. The molecule has 0 radical (unpaired) electrons. The number of hydrogen-bond acceptors (Lipinski definition) is 5. The smallest absolute Gasteiger partial charge is 0.239 e. The summed E-state index contributed by atoms with van der Waals surface area (Å²) in [4.78, 5) is 14.6. The van der Waals surface area contributed by atoms with Crippen LogP contribution >= 0.6 is 11.6 Å². The van der Waals surface area contributed by atoms with Crippen LogP contribution in [0.25, 0.3) is 0 Å². The van der Waals surface area contributed by atoms with Gasteiger partial charge in [-0.15, -0.1) is 0 Å². The predicted octanol–water partition coefficient (Wildman–Crippen LogP) is 2.32. The molecular formula is C20H28ClN5O3S. The van der Waals surface area contributed by atoms with E-state index in [0.717, 1.165) is 5.56 Å². The van der Waals surface area contributed by atoms with Gasteiger partial charge in [0.2, 0.25) is 15.9 Å². The van der Waals surface area contributed by atoms with Crippen molar-refractivity contribution in [1.82, 2.24) is 19.4 Å². The second-order valence-corrected chi connectivity index (χ2v) is 9.78. The molecule has 1 aliphatic rings. The zero-order chi connectivity index (χ0) is 21.6. The van der Waals surface area contributed by atoms with Gasteiger partial charge >= 0.3 is 0 Å². The first-order valence-corrected chi connectivity index (χ1v) is 12.2. The highest BCUT2D eigenvalue weighted by Gasteiger charge is 2.24. The monoisotopic (exact) mass is 453 g/mol. The quantitative estimate of drug-likeness (QED) is 0.607. The molecule has 2 heterocycles. The highest BCUT2D eigenvalue weighted by molar-refractivity contribution is 7.89. The van der Waals surface area contributed by atoms with Crippen LogP contribution < -0.4 is 10.0 Å². The van der Waals surface area contributed by atoms with Crippen molar-refractivity contribution in [3.8, 4) is 0 Å². The second-order valence-electron chi connectivity index (χ2n) is 7.50. The minimum atomic E-state index is -3.21. The number of hydrogen-bond donors (Lipinski definition) is 2. The summed E-state index contributed by atoms with van der Waals surface area (Å²) in [7, 11) is -3.21. The molecule has 1 amide bonds. The van der Waals surface area contributed by atoms with Crippen molar-refractivity contribution in [2.45, 2.75) is 38.8 Å². The number of rotatable bonds is 9. The van der Waals surface area contributed by atoms with E-state index in [4.69, 9.17) is 11.6 Å². The van der Waals surface area contributed by atoms with Crippen LogP contribution in [0.3, 0.4) is 0 Å². The summed E-state index contributed by atoms with van der Waals surface area (Å²) < 4.78 is 28.3. The van der Waals surface area contributed by atoms with Gasteiger partial charge in [0.25, 0.3) is 0 Å². The maximum atomic E-state index is 12.5. The number of piperidine rings is 1. The van der Waals surface area contributed by atoms with E-state index < -0.39 is 10.0 Å². The van der Waals surface area contributed by atoms with Gasteiger partial charge in [0.15, 0.2) is 0 Å². The fourth-order valence-corrected chi connectivity index (χ4v) is 5.12. The molecule has 0 unspecified atom stereocenters. The Morgan fingerprint density at radius 2 is 1.97 bits per heavy atom. The molecule has 2 aromatic rings. The van der Waals surface area contributed by atoms with Crippen molar-refractivity contribution in [2.24, 2.45) is 0 Å². The molecule has 0 spiro atoms. The number of carbonyl (C=O) groups is 1. The van der Waals surface area contributed by atoms with Crippen LogP contribution in [0.1, 0.15) is 31.7 Å². The topological polar surface area (TPSA) is 96.3 Å². The Kier molecular flexibility index (Phi) is 7.87. The molecule has 0 saturated carbocycles. The molecule has 3 rings (SSSR count). The number of likely N-dealkylation sites (tertiary alicyclic amines) is 1. The first kappa shape index (κ1) is 22.7. The Bertz CT molecular complexity index is 955. The summed E-state index contributed by atoms with van der Waals surface area (Å²) in [6.45, 7) is 3.91. The molecule has 10 heteroatoms. The first-order valence-electron chi connectivity index (χ1n) is 10.1. The highest BCUT2D eigenvalue weighted by atomic mass is 35.5. The Balaban J connectivity index is 1.48. The van der Waals surface area contributed by atoms with E-state index in [9.17, 15) is 13.2 Å². The molecule has 30 heavy (non-hydrogen) atoms. The average Bonchev–Trinajstić information content (AvgIpc) is 3.11. The van der Waals surface area contributed by atoms with Crippen molar-refractivity contribution >= 4 is 33.3 Å². The van der Waals surface area contributed by atoms with Crippen LogP contribution in [0, 0.1) is 0 Å². The van der Waals surface area contributed by atoms with Crippen LogP contribution in [-0.2, 0) is 21.4 Å². The van der Waals surface area contributed by atoms with Crippen LogP contribution in [-0.4, -0.2) is 60.4 Å². The molecule has 8 nitrogen and oxygen atoms in total. The highest BCUT2D eigenvalue weighted by Crippen LogP contribution is 2.18. The summed E-state index contributed by atoms with van der Waals surface area (Å²) in [6.07, 6.45) is 3.63. The molecule has 0 atom stereocenters. The lowest BCUT2D eigenvalue weighted by molar-refractivity contribution is -0.117. The summed E-state index contributed by atoms with van der Waals surface area (Å²) in [5, 5.41) is 7.84. The molecule has 2 N–H and O–H groups in total. The lowest BCUT2D eigenvalue weighted by Gasteiger charge is -2.31. The van der Waals surface area contributed by atoms with E-state index in [1.807, 2.05) is 36.1 Å². The lowest BCUT2D eigenvalue weighted by Crippen LogP contribution is -2.47. The maximum absolute atomic E-state index is 12.5. The van der Waals surface area contributed by atoms with E-state index in [0.29, 0.717) is 49.7 Å². The molecule has 164 valence electrons. The van der Waals surface area contributed by atoms with Gasteiger partial charge in [0.1, 0.15) is 5.82 Å². The predicted molar refractivity (Wildman–Crippen MR) is 118 cm³/mol. The Labute approximate surface area is 182 Å². The van der Waals surface area contributed by atoms with Crippen LogP contribution in [0.5, 0.6) is 0 Å². The molecular weight excluding hydrogens is 426 g/mol. The molecule has 1 aliphatic heterocycles. The summed E-state index contributed by atoms with van der Waals surface area (Å²) in [6, 6.07) is 9.23. The Morgan fingerprint density at radius 3 is 2.67 bits per heavy atom. The lowest BCUT2D eigenvalue weighted by atomic mass is 10.1. The zero-order valence-electron chi connectivity index (χ0n) is 17.1. The first-order chi connectivity index (χ1) is 14.4. The summed E-state index contributed by atoms with van der Waals surface area (Å²) in [5.41, 5.74) is 0.922. The van der Waals surface area contributed by atoms with Gasteiger partial charge in [0.05, 0.1) is 25.0 Å². The van der Waals surface area contributed by atoms with Crippen molar-refractivity contribution in [2.75, 3.05) is 30.7 Å². The third kappa shape index (κ3) is 6.53. The normalized spacial score (nSPS) is 15.9. The van der Waals surface area contributed by atoms with E-state index in [2.05, 4.69) is 15.1 Å².